The lowest BCUT2D eigenvalue weighted by Crippen LogP contribution is -2.10. The molecule has 20 heavy (non-hydrogen) atoms. The van der Waals surface area contributed by atoms with Crippen molar-refractivity contribution in [2.75, 3.05) is 0 Å². The van der Waals surface area contributed by atoms with E-state index in [4.69, 9.17) is 0 Å². The number of aryl methyl sites for hydroxylation is 1. The average Bonchev–Trinajstić information content (AvgIpc) is 3.06. The highest BCUT2D eigenvalue weighted by Crippen LogP contribution is 2.29. The third-order valence-electron chi connectivity index (χ3n) is 4.32. The number of hydrogen-bond donors (Lipinski definition) is 1. The van der Waals surface area contributed by atoms with E-state index in [2.05, 4.69) is 16.5 Å². The Morgan fingerprint density at radius 3 is 2.80 bits per heavy atom. The summed E-state index contributed by atoms with van der Waals surface area (Å²) in [6.45, 7) is 3.05. The Morgan fingerprint density at radius 1 is 1.40 bits per heavy atom. The number of aromatic carboxylic acids is 1. The van der Waals surface area contributed by atoms with Crippen LogP contribution < -0.4 is 0 Å². The summed E-state index contributed by atoms with van der Waals surface area (Å²) in [6.07, 6.45) is 6.03. The van der Waals surface area contributed by atoms with Crippen LogP contribution in [0.25, 0.3) is 11.0 Å². The van der Waals surface area contributed by atoms with Crippen LogP contribution in [0.2, 0.25) is 0 Å². The number of fused-ring (bicyclic) bond motifs is 1. The van der Waals surface area contributed by atoms with Crippen molar-refractivity contribution >= 4 is 17.0 Å². The summed E-state index contributed by atoms with van der Waals surface area (Å²) in [5.41, 5.74) is 1.91. The quantitative estimate of drug-likeness (QED) is 0.927. The predicted octanol–water partition coefficient (Wildman–Crippen LogP) is 3.49. The first-order chi connectivity index (χ1) is 9.70. The first-order valence-corrected chi connectivity index (χ1v) is 7.42. The van der Waals surface area contributed by atoms with Gasteiger partial charge >= 0.3 is 5.97 Å². The van der Waals surface area contributed by atoms with Gasteiger partial charge in [0.15, 0.2) is 0 Å². The predicted molar refractivity (Wildman–Crippen MR) is 78.0 cm³/mol. The number of carbonyl (C=O) groups is 1. The third kappa shape index (κ3) is 2.19. The number of hydrogen-bond acceptors (Lipinski definition) is 2. The van der Waals surface area contributed by atoms with Crippen LogP contribution in [0.15, 0.2) is 18.2 Å². The highest BCUT2D eigenvalue weighted by atomic mass is 16.4. The van der Waals surface area contributed by atoms with Gasteiger partial charge in [-0.05, 0) is 30.9 Å². The van der Waals surface area contributed by atoms with Crippen LogP contribution in [0.1, 0.15) is 48.8 Å². The van der Waals surface area contributed by atoms with E-state index in [-0.39, 0.29) is 0 Å². The van der Waals surface area contributed by atoms with Gasteiger partial charge in [0.2, 0.25) is 0 Å². The second-order valence-electron chi connectivity index (χ2n) is 5.62. The van der Waals surface area contributed by atoms with E-state index in [0.29, 0.717) is 17.0 Å². The van der Waals surface area contributed by atoms with Gasteiger partial charge in [0.05, 0.1) is 11.1 Å². The van der Waals surface area contributed by atoms with Crippen molar-refractivity contribution in [1.82, 2.24) is 9.55 Å². The van der Waals surface area contributed by atoms with Crippen LogP contribution in [-0.4, -0.2) is 20.6 Å². The monoisotopic (exact) mass is 272 g/mol. The van der Waals surface area contributed by atoms with Crippen molar-refractivity contribution in [1.29, 1.82) is 0 Å². The largest absolute Gasteiger partial charge is 0.478 e. The maximum absolute atomic E-state index is 11.3. The second-order valence-corrected chi connectivity index (χ2v) is 5.62. The van der Waals surface area contributed by atoms with Crippen molar-refractivity contribution in [3.63, 3.8) is 0 Å². The Labute approximate surface area is 118 Å². The van der Waals surface area contributed by atoms with Crippen LogP contribution >= 0.6 is 0 Å². The number of aromatic nitrogens is 2. The molecule has 1 aliphatic rings. The van der Waals surface area contributed by atoms with Gasteiger partial charge in [-0.15, -0.1) is 0 Å². The summed E-state index contributed by atoms with van der Waals surface area (Å²) in [6, 6.07) is 5.44. The molecule has 1 fully saturated rings. The first-order valence-electron chi connectivity index (χ1n) is 7.42. The van der Waals surface area contributed by atoms with E-state index in [1.165, 1.54) is 25.7 Å². The molecular weight excluding hydrogens is 252 g/mol. The Morgan fingerprint density at radius 2 is 2.15 bits per heavy atom. The fourth-order valence-electron chi connectivity index (χ4n) is 3.29. The standard InChI is InChI=1S/C16H20N2O2/c1-2-14-17-15-12(16(19)20)8-5-9-13(15)18(14)10-11-6-3-4-7-11/h5,8-9,11H,2-4,6-7,10H2,1H3,(H,19,20). The zero-order valence-corrected chi connectivity index (χ0v) is 11.8. The number of rotatable bonds is 4. The molecule has 106 valence electrons. The van der Waals surface area contributed by atoms with Crippen molar-refractivity contribution in [2.24, 2.45) is 5.92 Å². The molecule has 1 N–H and O–H groups in total. The molecule has 0 bridgehead atoms. The van der Waals surface area contributed by atoms with Crippen LogP contribution in [0.5, 0.6) is 0 Å². The van der Waals surface area contributed by atoms with E-state index >= 15 is 0 Å². The minimum Gasteiger partial charge on any atom is -0.478 e. The smallest absolute Gasteiger partial charge is 0.337 e. The van der Waals surface area contributed by atoms with Crippen molar-refractivity contribution in [2.45, 2.75) is 45.6 Å². The summed E-state index contributed by atoms with van der Waals surface area (Å²) < 4.78 is 2.23. The highest BCUT2D eigenvalue weighted by molar-refractivity contribution is 6.01. The number of carboxylic acid groups (broad SMARTS) is 1. The van der Waals surface area contributed by atoms with Gasteiger partial charge in [-0.1, -0.05) is 25.8 Å². The topological polar surface area (TPSA) is 55.1 Å². The summed E-state index contributed by atoms with van der Waals surface area (Å²) in [7, 11) is 0. The van der Waals surface area contributed by atoms with Gasteiger partial charge in [-0.2, -0.15) is 0 Å². The minimum absolute atomic E-state index is 0.308. The molecule has 0 spiro atoms. The molecule has 1 heterocycles. The fourth-order valence-corrected chi connectivity index (χ4v) is 3.29. The van der Waals surface area contributed by atoms with E-state index in [1.807, 2.05) is 12.1 Å². The minimum atomic E-state index is -0.899. The van der Waals surface area contributed by atoms with Gasteiger partial charge < -0.3 is 9.67 Å². The van der Waals surface area contributed by atoms with Crippen LogP contribution in [0, 0.1) is 5.92 Å². The summed E-state index contributed by atoms with van der Waals surface area (Å²) in [5.74, 6) is 0.815. The first kappa shape index (κ1) is 13.2. The fraction of sp³-hybridized carbons (Fsp3) is 0.500. The number of para-hydroxylation sites is 1. The zero-order valence-electron chi connectivity index (χ0n) is 11.8. The lowest BCUT2D eigenvalue weighted by Gasteiger charge is -2.13. The molecule has 2 aromatic rings. The molecule has 1 saturated carbocycles. The lowest BCUT2D eigenvalue weighted by atomic mass is 10.1. The molecule has 1 aromatic heterocycles. The van der Waals surface area contributed by atoms with Crippen molar-refractivity contribution < 1.29 is 9.90 Å². The Balaban J connectivity index is 2.09. The van der Waals surface area contributed by atoms with E-state index in [9.17, 15) is 9.90 Å². The van der Waals surface area contributed by atoms with Gasteiger partial charge in [0.25, 0.3) is 0 Å². The van der Waals surface area contributed by atoms with Gasteiger partial charge in [-0.25, -0.2) is 9.78 Å². The number of carboxylic acids is 1. The molecule has 0 aliphatic heterocycles. The molecule has 0 atom stereocenters. The third-order valence-corrected chi connectivity index (χ3v) is 4.32. The SMILES string of the molecule is CCc1nc2c(C(=O)O)cccc2n1CC1CCCC1. The number of imidazole rings is 1. The number of nitrogens with zero attached hydrogens (tertiary/aromatic N) is 2. The maximum atomic E-state index is 11.3. The van der Waals surface area contributed by atoms with Crippen LogP contribution in [-0.2, 0) is 13.0 Å². The van der Waals surface area contributed by atoms with Crippen LogP contribution in [0.3, 0.4) is 0 Å². The zero-order chi connectivity index (χ0) is 14.1. The van der Waals surface area contributed by atoms with Gasteiger partial charge in [0.1, 0.15) is 11.3 Å². The molecule has 4 nitrogen and oxygen atoms in total. The van der Waals surface area contributed by atoms with E-state index in [1.54, 1.807) is 6.07 Å². The average molecular weight is 272 g/mol. The summed E-state index contributed by atoms with van der Waals surface area (Å²) in [4.78, 5) is 15.9. The lowest BCUT2D eigenvalue weighted by molar-refractivity contribution is 0.0699. The molecule has 0 unspecified atom stereocenters. The second kappa shape index (κ2) is 5.27. The number of benzene rings is 1. The molecule has 0 amide bonds. The molecule has 3 rings (SSSR count). The molecule has 0 radical (unpaired) electrons. The van der Waals surface area contributed by atoms with Crippen molar-refractivity contribution in [3.8, 4) is 0 Å². The Kier molecular flexibility index (Phi) is 3.47. The Bertz CT molecular complexity index is 639. The van der Waals surface area contributed by atoms with E-state index in [0.717, 1.165) is 24.3 Å². The molecule has 1 aromatic carbocycles. The van der Waals surface area contributed by atoms with E-state index < -0.39 is 5.97 Å². The molecule has 0 saturated heterocycles. The maximum Gasteiger partial charge on any atom is 0.337 e. The molecular formula is C16H20N2O2. The van der Waals surface area contributed by atoms with Gasteiger partial charge in [-0.3, -0.25) is 0 Å². The highest BCUT2D eigenvalue weighted by Gasteiger charge is 2.20. The summed E-state index contributed by atoms with van der Waals surface area (Å²) in [5, 5.41) is 9.29. The normalized spacial score (nSPS) is 16.1. The molecule has 1 aliphatic carbocycles. The Hall–Kier alpha value is -1.84. The van der Waals surface area contributed by atoms with Crippen molar-refractivity contribution in [3.05, 3.63) is 29.6 Å². The van der Waals surface area contributed by atoms with Gasteiger partial charge in [0, 0.05) is 13.0 Å². The molecule has 4 heteroatoms. The van der Waals surface area contributed by atoms with Crippen LogP contribution in [0.4, 0.5) is 0 Å². The summed E-state index contributed by atoms with van der Waals surface area (Å²) >= 11 is 0.